The lowest BCUT2D eigenvalue weighted by Crippen LogP contribution is -2.22. The highest BCUT2D eigenvalue weighted by Crippen LogP contribution is 2.13. The van der Waals surface area contributed by atoms with Crippen LogP contribution in [0.3, 0.4) is 0 Å². The molecule has 0 saturated carbocycles. The zero-order chi connectivity index (χ0) is 11.8. The van der Waals surface area contributed by atoms with E-state index in [1.165, 1.54) is 0 Å². The molecule has 0 spiro atoms. The van der Waals surface area contributed by atoms with E-state index in [-0.39, 0.29) is 24.9 Å². The fourth-order valence-electron chi connectivity index (χ4n) is 1.25. The number of Topliss-reactive ketones (excluding diaryl/α,β-unsaturated/α-hetero) is 1. The van der Waals surface area contributed by atoms with E-state index in [0.717, 1.165) is 5.56 Å². The van der Waals surface area contributed by atoms with E-state index in [1.807, 2.05) is 30.3 Å². The first-order valence-corrected chi connectivity index (χ1v) is 6.48. The van der Waals surface area contributed by atoms with Gasteiger partial charge >= 0.3 is 8.03 Å². The summed E-state index contributed by atoms with van der Waals surface area (Å²) < 4.78 is 10.4. The number of ketones is 1. The second kappa shape index (κ2) is 7.23. The molecule has 4 nitrogen and oxygen atoms in total. The second-order valence-corrected chi connectivity index (χ2v) is 4.61. The normalized spacial score (nSPS) is 11.2. The Kier molecular flexibility index (Phi) is 5.86. The summed E-state index contributed by atoms with van der Waals surface area (Å²) in [5.74, 6) is -0.0340. The third-order valence-electron chi connectivity index (χ3n) is 2.08. The second-order valence-electron chi connectivity index (χ2n) is 3.45. The molecule has 0 radical (unpaired) electrons. The Labute approximate surface area is 95.6 Å². The van der Waals surface area contributed by atoms with Gasteiger partial charge in [-0.05, 0) is 10.1 Å². The Balaban J connectivity index is 2.16. The highest BCUT2D eigenvalue weighted by atomic mass is 31.1. The van der Waals surface area contributed by atoms with Crippen molar-refractivity contribution >= 4 is 13.8 Å². The van der Waals surface area contributed by atoms with Gasteiger partial charge in [0.1, 0.15) is 0 Å². The molecule has 0 aliphatic heterocycles. The lowest BCUT2D eigenvalue weighted by molar-refractivity contribution is -0.117. The molecule has 1 aromatic carbocycles. The number of rotatable bonds is 7. The van der Waals surface area contributed by atoms with Crippen LogP contribution in [-0.2, 0) is 15.9 Å². The number of carbonyl (C=O) groups is 1. The molecule has 1 aromatic rings. The first-order chi connectivity index (χ1) is 7.68. The van der Waals surface area contributed by atoms with Crippen LogP contribution in [0.15, 0.2) is 30.3 Å². The molecule has 0 amide bonds. The van der Waals surface area contributed by atoms with Crippen LogP contribution in [0.1, 0.15) is 12.0 Å². The van der Waals surface area contributed by atoms with Crippen LogP contribution in [0.25, 0.3) is 0 Å². The van der Waals surface area contributed by atoms with E-state index in [0.29, 0.717) is 6.54 Å². The predicted molar refractivity (Wildman–Crippen MR) is 62.5 cm³/mol. The number of carbonyl (C=O) groups excluding carboxylic acids is 1. The van der Waals surface area contributed by atoms with Crippen LogP contribution in [0.4, 0.5) is 0 Å². The monoisotopic (exact) mass is 240 g/mol. The molecule has 0 bridgehead atoms. The van der Waals surface area contributed by atoms with Gasteiger partial charge in [0, 0.05) is 6.54 Å². The predicted octanol–water partition coefficient (Wildman–Crippen LogP) is 1.47. The van der Waals surface area contributed by atoms with E-state index in [9.17, 15) is 9.36 Å². The Morgan fingerprint density at radius 1 is 1.31 bits per heavy atom. The van der Waals surface area contributed by atoms with E-state index >= 15 is 0 Å². The highest BCUT2D eigenvalue weighted by Gasteiger charge is 2.13. The molecule has 1 atom stereocenters. The average Bonchev–Trinajstić information content (AvgIpc) is 2.28. The molecule has 5 heteroatoms. The topological polar surface area (TPSA) is 66.4 Å². The summed E-state index contributed by atoms with van der Waals surface area (Å²) in [5, 5.41) is 3.00. The lowest BCUT2D eigenvalue weighted by Gasteiger charge is -2.02. The molecular formula is C11H15NO3P+. The van der Waals surface area contributed by atoms with Gasteiger partial charge in [0.15, 0.2) is 11.9 Å². The number of benzene rings is 1. The van der Waals surface area contributed by atoms with Gasteiger partial charge in [-0.3, -0.25) is 4.79 Å². The first kappa shape index (κ1) is 13.0. The fourth-order valence-corrected chi connectivity index (χ4v) is 1.69. The Bertz CT molecular complexity index is 354. The first-order valence-electron chi connectivity index (χ1n) is 5.08. The molecule has 0 fully saturated rings. The molecule has 0 saturated heterocycles. The summed E-state index contributed by atoms with van der Waals surface area (Å²) in [7, 11) is -2.19. The van der Waals surface area contributed by atoms with Crippen molar-refractivity contribution < 1.29 is 14.3 Å². The van der Waals surface area contributed by atoms with Gasteiger partial charge in [-0.2, -0.15) is 4.89 Å². The SMILES string of the molecule is O=C(CC[P+](=O)O)CNCc1ccccc1. The van der Waals surface area contributed by atoms with E-state index in [1.54, 1.807) is 0 Å². The Morgan fingerprint density at radius 2 is 2.00 bits per heavy atom. The Hall–Kier alpha value is -1.09. The van der Waals surface area contributed by atoms with Crippen molar-refractivity contribution in [3.8, 4) is 0 Å². The van der Waals surface area contributed by atoms with Crippen molar-refractivity contribution in [2.45, 2.75) is 13.0 Å². The fraction of sp³-hybridized carbons (Fsp3) is 0.364. The number of hydrogen-bond acceptors (Lipinski definition) is 3. The number of nitrogens with one attached hydrogen (secondary N) is 1. The Morgan fingerprint density at radius 3 is 2.62 bits per heavy atom. The van der Waals surface area contributed by atoms with Gasteiger partial charge in [-0.1, -0.05) is 30.3 Å². The van der Waals surface area contributed by atoms with Crippen molar-refractivity contribution in [2.24, 2.45) is 0 Å². The molecule has 1 unspecified atom stereocenters. The van der Waals surface area contributed by atoms with Crippen molar-refractivity contribution in [1.82, 2.24) is 5.32 Å². The zero-order valence-electron chi connectivity index (χ0n) is 8.93. The van der Waals surface area contributed by atoms with E-state index in [4.69, 9.17) is 4.89 Å². The summed E-state index contributed by atoms with van der Waals surface area (Å²) in [6.45, 7) is 0.885. The molecular weight excluding hydrogens is 225 g/mol. The minimum absolute atomic E-state index is 0.0340. The van der Waals surface area contributed by atoms with Gasteiger partial charge in [0.2, 0.25) is 0 Å². The summed E-state index contributed by atoms with van der Waals surface area (Å²) in [6.07, 6.45) is 0.217. The molecule has 0 aliphatic rings. The number of hydrogen-bond donors (Lipinski definition) is 2. The summed E-state index contributed by atoms with van der Waals surface area (Å²) in [4.78, 5) is 19.8. The largest absolute Gasteiger partial charge is 0.505 e. The average molecular weight is 240 g/mol. The van der Waals surface area contributed by atoms with Crippen LogP contribution in [-0.4, -0.2) is 23.4 Å². The smallest absolute Gasteiger partial charge is 0.306 e. The third-order valence-corrected chi connectivity index (χ3v) is 2.68. The van der Waals surface area contributed by atoms with Crippen molar-refractivity contribution in [1.29, 1.82) is 0 Å². The molecule has 0 aliphatic carbocycles. The minimum Gasteiger partial charge on any atom is -0.306 e. The summed E-state index contributed by atoms with van der Waals surface area (Å²) in [6, 6.07) is 9.76. The molecule has 16 heavy (non-hydrogen) atoms. The van der Waals surface area contributed by atoms with Gasteiger partial charge < -0.3 is 5.32 Å². The van der Waals surface area contributed by atoms with Gasteiger partial charge in [-0.15, -0.1) is 0 Å². The van der Waals surface area contributed by atoms with Crippen LogP contribution < -0.4 is 5.32 Å². The van der Waals surface area contributed by atoms with Gasteiger partial charge in [0.25, 0.3) is 0 Å². The molecule has 2 N–H and O–H groups in total. The molecule has 86 valence electrons. The van der Waals surface area contributed by atoms with Crippen LogP contribution in [0.2, 0.25) is 0 Å². The molecule has 1 rings (SSSR count). The van der Waals surface area contributed by atoms with Gasteiger partial charge in [0.05, 0.1) is 13.0 Å². The quantitative estimate of drug-likeness (QED) is 0.708. The third kappa shape index (κ3) is 5.71. The molecule has 0 heterocycles. The van der Waals surface area contributed by atoms with Crippen molar-refractivity contribution in [2.75, 3.05) is 12.7 Å². The minimum atomic E-state index is -2.19. The van der Waals surface area contributed by atoms with E-state index < -0.39 is 8.03 Å². The standard InChI is InChI=1S/C11H14NO3P/c13-11(6-7-16(14)15)9-12-8-10-4-2-1-3-5-10/h1-5,12H,6-9H2/p+1. The maximum Gasteiger partial charge on any atom is 0.505 e. The highest BCUT2D eigenvalue weighted by molar-refractivity contribution is 7.38. The zero-order valence-corrected chi connectivity index (χ0v) is 9.82. The van der Waals surface area contributed by atoms with Crippen LogP contribution in [0, 0.1) is 0 Å². The lowest BCUT2D eigenvalue weighted by atomic mass is 10.2. The van der Waals surface area contributed by atoms with Crippen molar-refractivity contribution in [3.63, 3.8) is 0 Å². The van der Waals surface area contributed by atoms with E-state index in [2.05, 4.69) is 5.32 Å². The van der Waals surface area contributed by atoms with Gasteiger partial charge in [-0.25, -0.2) is 0 Å². The summed E-state index contributed by atoms with van der Waals surface area (Å²) in [5.41, 5.74) is 1.11. The maximum absolute atomic E-state index is 11.2. The summed E-state index contributed by atoms with van der Waals surface area (Å²) >= 11 is 0. The van der Waals surface area contributed by atoms with Crippen LogP contribution >= 0.6 is 8.03 Å². The molecule has 0 aromatic heterocycles. The van der Waals surface area contributed by atoms with Crippen molar-refractivity contribution in [3.05, 3.63) is 35.9 Å². The maximum atomic E-state index is 11.2. The van der Waals surface area contributed by atoms with Crippen LogP contribution in [0.5, 0.6) is 0 Å².